The van der Waals surface area contributed by atoms with E-state index < -0.39 is 29.4 Å². The highest BCUT2D eigenvalue weighted by Gasteiger charge is 2.39. The van der Waals surface area contributed by atoms with Gasteiger partial charge in [0.15, 0.2) is 11.6 Å². The van der Waals surface area contributed by atoms with E-state index in [1.54, 1.807) is 29.2 Å². The Morgan fingerprint density at radius 2 is 2.02 bits per heavy atom. The van der Waals surface area contributed by atoms with Gasteiger partial charge in [0.05, 0.1) is 34.5 Å². The number of likely N-dealkylation sites (N-methyl/N-ethyl adjacent to an activating group) is 1. The van der Waals surface area contributed by atoms with Gasteiger partial charge in [-0.1, -0.05) is 42.4 Å². The van der Waals surface area contributed by atoms with Crippen LogP contribution in [0.25, 0.3) is 32.9 Å². The van der Waals surface area contributed by atoms with Crippen molar-refractivity contribution < 1.29 is 22.7 Å². The van der Waals surface area contributed by atoms with Crippen molar-refractivity contribution in [1.29, 1.82) is 5.26 Å². The lowest BCUT2D eigenvalue weighted by Gasteiger charge is -2.47. The molecule has 0 aliphatic carbocycles. The molecule has 45 heavy (non-hydrogen) atoms. The van der Waals surface area contributed by atoms with Crippen molar-refractivity contribution in [3.63, 3.8) is 0 Å². The molecule has 2 atom stereocenters. The third kappa shape index (κ3) is 5.40. The van der Waals surface area contributed by atoms with Crippen LogP contribution in [0, 0.1) is 23.0 Å². The fraction of sp³-hybridized carbons (Fsp3) is 0.344. The number of carbonyl (C=O) groups is 1. The van der Waals surface area contributed by atoms with Crippen LogP contribution in [0.1, 0.15) is 19.8 Å². The number of hydrogen-bond donors (Lipinski definition) is 0. The summed E-state index contributed by atoms with van der Waals surface area (Å²) < 4.78 is 50.9. The second-order valence-corrected chi connectivity index (χ2v) is 12.0. The van der Waals surface area contributed by atoms with Gasteiger partial charge >= 0.3 is 6.01 Å². The van der Waals surface area contributed by atoms with E-state index in [1.165, 1.54) is 17.2 Å². The number of hydrogen-bond acceptors (Lipinski definition) is 8. The van der Waals surface area contributed by atoms with Gasteiger partial charge in [-0.05, 0) is 31.8 Å². The minimum atomic E-state index is -1.11. The van der Waals surface area contributed by atoms with Gasteiger partial charge in [-0.3, -0.25) is 14.7 Å². The Hall–Kier alpha value is -4.47. The lowest BCUT2D eigenvalue weighted by Crippen LogP contribution is -2.59. The Bertz CT molecular complexity index is 1900. The molecule has 13 heteroatoms. The molecule has 2 aliphatic rings. The smallest absolute Gasteiger partial charge is 0.319 e. The first-order chi connectivity index (χ1) is 21.5. The van der Waals surface area contributed by atoms with Crippen LogP contribution in [0.2, 0.25) is 5.02 Å². The number of rotatable bonds is 7. The number of carbonyl (C=O) groups excluding carboxylic acids is 1. The quantitative estimate of drug-likeness (QED) is 0.240. The summed E-state index contributed by atoms with van der Waals surface area (Å²) in [5.74, 6) is -3.13. The molecule has 1 unspecified atom stereocenters. The van der Waals surface area contributed by atoms with Gasteiger partial charge in [-0.15, -0.1) is 0 Å². The molecule has 2 aliphatic heterocycles. The molecule has 2 aromatic heterocycles. The number of piperazine rings is 1. The van der Waals surface area contributed by atoms with Gasteiger partial charge in [0.1, 0.15) is 29.5 Å². The Kier molecular flexibility index (Phi) is 8.01. The Morgan fingerprint density at radius 3 is 2.71 bits per heavy atom. The van der Waals surface area contributed by atoms with Gasteiger partial charge in [0.25, 0.3) is 5.91 Å². The molecule has 0 bridgehead atoms. The second-order valence-electron chi connectivity index (χ2n) is 11.6. The normalized spacial score (nSPS) is 20.2. The predicted octanol–water partition coefficient (Wildman–Crippen LogP) is 5.66. The van der Waals surface area contributed by atoms with Crippen LogP contribution in [0.4, 0.5) is 19.0 Å². The fourth-order valence-corrected chi connectivity index (χ4v) is 6.17. The molecule has 2 aromatic carbocycles. The number of likely N-dealkylation sites (tertiary alicyclic amines) is 1. The van der Waals surface area contributed by atoms with Crippen molar-refractivity contribution in [3.05, 3.63) is 65.6 Å². The maximum Gasteiger partial charge on any atom is 0.319 e. The molecule has 0 N–H and O–H groups in total. The number of aromatic nitrogens is 3. The highest BCUT2D eigenvalue weighted by atomic mass is 35.5. The Balaban J connectivity index is 1.47. The molecule has 0 radical (unpaired) electrons. The largest absolute Gasteiger partial charge is 0.461 e. The van der Waals surface area contributed by atoms with Crippen molar-refractivity contribution in [2.45, 2.75) is 31.3 Å². The van der Waals surface area contributed by atoms with Crippen molar-refractivity contribution in [2.75, 3.05) is 44.7 Å². The topological polar surface area (TPSA) is 98.5 Å². The van der Waals surface area contributed by atoms with E-state index in [-0.39, 0.29) is 77.2 Å². The van der Waals surface area contributed by atoms with Crippen molar-refractivity contribution in [3.8, 4) is 23.3 Å². The zero-order valence-corrected chi connectivity index (χ0v) is 25.4. The zero-order valence-electron chi connectivity index (χ0n) is 24.7. The molecule has 9 nitrogen and oxygen atoms in total. The first-order valence-electron chi connectivity index (χ1n) is 14.4. The van der Waals surface area contributed by atoms with Crippen molar-refractivity contribution in [2.24, 2.45) is 0 Å². The zero-order chi connectivity index (χ0) is 32.0. The molecule has 0 spiro atoms. The van der Waals surface area contributed by atoms with Crippen LogP contribution >= 0.6 is 11.6 Å². The SMILES string of the molecule is C=C(F)C(=O)N1CCN(c2nc(OCC3(C)CCN3C)nc3c(F)c(-c4cccc5ccc(F)c(Cl)c45)ncc23)C[C@@H]1CC#N. The Morgan fingerprint density at radius 1 is 1.22 bits per heavy atom. The van der Waals surface area contributed by atoms with Crippen LogP contribution in [0.5, 0.6) is 6.01 Å². The van der Waals surface area contributed by atoms with E-state index in [2.05, 4.69) is 26.4 Å². The first kappa shape index (κ1) is 30.6. The van der Waals surface area contributed by atoms with Crippen LogP contribution in [-0.4, -0.2) is 82.1 Å². The summed E-state index contributed by atoms with van der Waals surface area (Å²) in [6, 6.07) is 9.17. The standard InChI is InChI=1S/C32H29ClF3N7O2/c1-18(34)30(44)43-14-13-42(16-20(43)9-11-37)29-22-15-38-27(21-6-4-5-19-7-8-23(35)25(33)24(19)21)26(36)28(22)39-31(40-29)45-17-32(2)10-12-41(32)3/h4-8,15,20H,1,9-10,12-14,16-17H2,2-3H3/t20-,32?/m0/s1. The third-order valence-corrected chi connectivity index (χ3v) is 9.22. The molecule has 1 amide bonds. The van der Waals surface area contributed by atoms with E-state index in [9.17, 15) is 18.8 Å². The van der Waals surface area contributed by atoms with Gasteiger partial charge in [0.2, 0.25) is 0 Å². The summed E-state index contributed by atoms with van der Waals surface area (Å²) in [4.78, 5) is 31.2. The number of nitrogens with zero attached hydrogens (tertiary/aromatic N) is 7. The van der Waals surface area contributed by atoms with E-state index >= 15 is 4.39 Å². The van der Waals surface area contributed by atoms with Gasteiger partial charge < -0.3 is 14.5 Å². The average molecular weight is 636 g/mol. The number of amides is 1. The van der Waals surface area contributed by atoms with E-state index in [0.717, 1.165) is 13.0 Å². The number of halogens is 4. The fourth-order valence-electron chi connectivity index (χ4n) is 5.89. The van der Waals surface area contributed by atoms with E-state index in [4.69, 9.17) is 16.3 Å². The molecule has 0 saturated carbocycles. The summed E-state index contributed by atoms with van der Waals surface area (Å²) in [5.41, 5.74) is -0.122. The summed E-state index contributed by atoms with van der Waals surface area (Å²) in [5, 5.41) is 10.5. The molecule has 4 aromatic rings. The number of pyridine rings is 1. The molecular weight excluding hydrogens is 607 g/mol. The third-order valence-electron chi connectivity index (χ3n) is 8.86. The highest BCUT2D eigenvalue weighted by molar-refractivity contribution is 6.36. The molecule has 4 heterocycles. The van der Waals surface area contributed by atoms with Gasteiger partial charge in [-0.25, -0.2) is 13.2 Å². The number of anilines is 1. The Labute approximate surface area is 262 Å². The van der Waals surface area contributed by atoms with Crippen LogP contribution in [-0.2, 0) is 4.79 Å². The number of benzene rings is 2. The molecule has 232 valence electrons. The highest BCUT2D eigenvalue weighted by Crippen LogP contribution is 2.39. The molecule has 6 rings (SSSR count). The number of nitriles is 1. The van der Waals surface area contributed by atoms with E-state index in [0.29, 0.717) is 10.8 Å². The minimum Gasteiger partial charge on any atom is -0.461 e. The molecule has 2 fully saturated rings. The summed E-state index contributed by atoms with van der Waals surface area (Å²) >= 11 is 6.35. The van der Waals surface area contributed by atoms with Crippen LogP contribution in [0.3, 0.4) is 0 Å². The average Bonchev–Trinajstić information content (AvgIpc) is 3.04. The van der Waals surface area contributed by atoms with Crippen LogP contribution < -0.4 is 9.64 Å². The van der Waals surface area contributed by atoms with E-state index in [1.807, 2.05) is 20.0 Å². The predicted molar refractivity (Wildman–Crippen MR) is 165 cm³/mol. The van der Waals surface area contributed by atoms with Crippen molar-refractivity contribution in [1.82, 2.24) is 24.8 Å². The monoisotopic (exact) mass is 635 g/mol. The minimum absolute atomic E-state index is 0.0652. The summed E-state index contributed by atoms with van der Waals surface area (Å²) in [6.45, 7) is 6.71. The summed E-state index contributed by atoms with van der Waals surface area (Å²) in [7, 11) is 1.98. The lowest BCUT2D eigenvalue weighted by molar-refractivity contribution is -0.131. The first-order valence-corrected chi connectivity index (χ1v) is 14.7. The number of ether oxygens (including phenoxy) is 1. The second kappa shape index (κ2) is 11.8. The summed E-state index contributed by atoms with van der Waals surface area (Å²) in [6.07, 6.45) is 2.26. The van der Waals surface area contributed by atoms with Gasteiger partial charge in [-0.2, -0.15) is 15.2 Å². The van der Waals surface area contributed by atoms with Gasteiger partial charge in [0, 0.05) is 43.3 Å². The van der Waals surface area contributed by atoms with Crippen LogP contribution in [0.15, 0.2) is 48.9 Å². The molecular formula is C32H29ClF3N7O2. The number of fused-ring (bicyclic) bond motifs is 2. The maximum absolute atomic E-state index is 16.6. The molecule has 2 saturated heterocycles. The lowest BCUT2D eigenvalue weighted by atomic mass is 9.88. The van der Waals surface area contributed by atoms with Crippen molar-refractivity contribution >= 4 is 45.0 Å². The maximum atomic E-state index is 16.6.